The first-order chi connectivity index (χ1) is 23.0. The number of anilines is 1. The Labute approximate surface area is 283 Å². The molecule has 252 valence electrons. The Kier molecular flexibility index (Phi) is 10.2. The molecule has 5 rings (SSSR count). The summed E-state index contributed by atoms with van der Waals surface area (Å²) in [5.41, 5.74) is 6.05. The van der Waals surface area contributed by atoms with Crippen molar-refractivity contribution in [1.82, 2.24) is 9.13 Å². The highest BCUT2D eigenvalue weighted by Gasteiger charge is 2.34. The van der Waals surface area contributed by atoms with Crippen molar-refractivity contribution >= 4 is 35.0 Å². The number of hydrogen-bond acceptors (Lipinski definition) is 10. The number of aryl methyl sites for hydroxylation is 1. The lowest BCUT2D eigenvalue weighted by Crippen LogP contribution is -2.40. The summed E-state index contributed by atoms with van der Waals surface area (Å²) < 4.78 is 25.8. The quantitative estimate of drug-likeness (QED) is 0.218. The van der Waals surface area contributed by atoms with Gasteiger partial charge in [0.2, 0.25) is 0 Å². The number of thiazole rings is 1. The van der Waals surface area contributed by atoms with Crippen LogP contribution in [0.25, 0.3) is 11.8 Å². The molecular weight excluding hydrogens is 632 g/mol. The first-order valence-electron chi connectivity index (χ1n) is 15.6. The summed E-state index contributed by atoms with van der Waals surface area (Å²) in [6.45, 7) is 9.53. The number of benzene rings is 2. The SMILES string of the molecule is CCOC(=O)C1=C(C)N=c2s/c(=C\c3cc(C)n(-c4ccc(N(C)C)cc4)c3C)c(=O)n2[C@@H]1c1ccc(OCC(=O)OC)c(OCC)c1. The van der Waals surface area contributed by atoms with Crippen LogP contribution >= 0.6 is 11.3 Å². The largest absolute Gasteiger partial charge is 0.490 e. The van der Waals surface area contributed by atoms with Crippen molar-refractivity contribution in [3.05, 3.63) is 102 Å². The lowest BCUT2D eigenvalue weighted by Gasteiger charge is -2.25. The minimum Gasteiger partial charge on any atom is -0.490 e. The van der Waals surface area contributed by atoms with E-state index in [0.717, 1.165) is 28.3 Å². The van der Waals surface area contributed by atoms with Crippen molar-refractivity contribution in [1.29, 1.82) is 0 Å². The van der Waals surface area contributed by atoms with Gasteiger partial charge in [0, 0.05) is 36.9 Å². The number of ether oxygens (including phenoxy) is 4. The third kappa shape index (κ3) is 6.66. The maximum Gasteiger partial charge on any atom is 0.343 e. The average molecular weight is 673 g/mol. The van der Waals surface area contributed by atoms with E-state index in [9.17, 15) is 14.4 Å². The predicted molar refractivity (Wildman–Crippen MR) is 185 cm³/mol. The monoisotopic (exact) mass is 672 g/mol. The number of fused-ring (bicyclic) bond motifs is 1. The molecule has 0 aliphatic carbocycles. The van der Waals surface area contributed by atoms with Crippen LogP contribution in [0.5, 0.6) is 11.5 Å². The summed E-state index contributed by atoms with van der Waals surface area (Å²) in [6.07, 6.45) is 1.88. The summed E-state index contributed by atoms with van der Waals surface area (Å²) in [6, 6.07) is 14.6. The van der Waals surface area contributed by atoms with E-state index in [1.54, 1.807) is 32.0 Å². The molecule has 1 aliphatic heterocycles. The van der Waals surface area contributed by atoms with Gasteiger partial charge in [0.25, 0.3) is 5.56 Å². The second-order valence-electron chi connectivity index (χ2n) is 11.4. The molecule has 0 saturated heterocycles. The third-order valence-electron chi connectivity index (χ3n) is 8.05. The van der Waals surface area contributed by atoms with Crippen LogP contribution < -0.4 is 29.3 Å². The van der Waals surface area contributed by atoms with Crippen molar-refractivity contribution in [3.63, 3.8) is 0 Å². The number of methoxy groups -OCH3 is 1. The first-order valence-corrected chi connectivity index (χ1v) is 16.4. The maximum atomic E-state index is 14.3. The van der Waals surface area contributed by atoms with Crippen molar-refractivity contribution in [2.75, 3.05) is 45.9 Å². The molecule has 1 aliphatic rings. The Morgan fingerprint density at radius 3 is 2.35 bits per heavy atom. The van der Waals surface area contributed by atoms with Crippen molar-refractivity contribution < 1.29 is 28.5 Å². The number of rotatable bonds is 11. The van der Waals surface area contributed by atoms with Crippen molar-refractivity contribution in [2.45, 2.75) is 40.7 Å². The van der Waals surface area contributed by atoms with Gasteiger partial charge in [-0.2, -0.15) is 0 Å². The van der Waals surface area contributed by atoms with E-state index in [1.807, 2.05) is 40.9 Å². The van der Waals surface area contributed by atoms with Gasteiger partial charge in [-0.15, -0.1) is 0 Å². The second-order valence-corrected chi connectivity index (χ2v) is 12.4. The van der Waals surface area contributed by atoms with E-state index in [0.29, 0.717) is 38.7 Å². The molecule has 0 radical (unpaired) electrons. The van der Waals surface area contributed by atoms with Gasteiger partial charge in [-0.25, -0.2) is 14.6 Å². The van der Waals surface area contributed by atoms with Gasteiger partial charge in [-0.3, -0.25) is 9.36 Å². The van der Waals surface area contributed by atoms with Crippen LogP contribution in [0.4, 0.5) is 5.69 Å². The molecule has 48 heavy (non-hydrogen) atoms. The standard InChI is InChI=1S/C36H40N4O7S/c1-9-45-29-18-24(11-16-28(29)47-20-31(41)44-8)33-32(35(43)46-10-2)22(4)37-36-40(33)34(42)30(48-36)19-25-17-21(3)39(23(25)5)27-14-12-26(13-15-27)38(6)7/h11-19,33H,9-10,20H2,1-8H3/b30-19-/t33-/m1/s1. The molecule has 0 bridgehead atoms. The van der Waals surface area contributed by atoms with Crippen LogP contribution in [0.2, 0.25) is 0 Å². The van der Waals surface area contributed by atoms with E-state index in [2.05, 4.69) is 39.8 Å². The fourth-order valence-electron chi connectivity index (χ4n) is 5.76. The zero-order valence-corrected chi connectivity index (χ0v) is 29.3. The number of carbonyl (C=O) groups excluding carboxylic acids is 2. The summed E-state index contributed by atoms with van der Waals surface area (Å²) in [7, 11) is 5.29. The summed E-state index contributed by atoms with van der Waals surface area (Å²) in [5.74, 6) is -0.431. The predicted octanol–water partition coefficient (Wildman–Crippen LogP) is 4.22. The molecule has 11 nitrogen and oxygen atoms in total. The fourth-order valence-corrected chi connectivity index (χ4v) is 6.79. The Morgan fingerprint density at radius 2 is 1.71 bits per heavy atom. The molecule has 0 saturated carbocycles. The average Bonchev–Trinajstić information content (AvgIpc) is 3.52. The normalized spacial score (nSPS) is 14.3. The molecule has 2 aromatic heterocycles. The Balaban J connectivity index is 1.64. The molecule has 0 spiro atoms. The number of nitrogens with zero attached hydrogens (tertiary/aromatic N) is 4. The van der Waals surface area contributed by atoms with E-state index in [1.165, 1.54) is 23.0 Å². The summed E-state index contributed by atoms with van der Waals surface area (Å²) in [5, 5.41) is 0. The Bertz CT molecular complexity index is 2070. The molecule has 3 heterocycles. The van der Waals surface area contributed by atoms with Gasteiger partial charge in [0.15, 0.2) is 22.9 Å². The van der Waals surface area contributed by atoms with Crippen LogP contribution in [-0.4, -0.2) is 62.1 Å². The third-order valence-corrected chi connectivity index (χ3v) is 9.04. The smallest absolute Gasteiger partial charge is 0.343 e. The number of carbonyl (C=O) groups is 2. The van der Waals surface area contributed by atoms with Gasteiger partial charge in [0.05, 0.1) is 42.2 Å². The molecule has 1 atom stereocenters. The minimum absolute atomic E-state index is 0.157. The molecule has 0 N–H and O–H groups in total. The first kappa shape index (κ1) is 34.2. The lowest BCUT2D eigenvalue weighted by atomic mass is 9.95. The Morgan fingerprint density at radius 1 is 0.979 bits per heavy atom. The highest BCUT2D eigenvalue weighted by molar-refractivity contribution is 7.07. The highest BCUT2D eigenvalue weighted by Crippen LogP contribution is 2.36. The van der Waals surface area contributed by atoms with E-state index < -0.39 is 18.0 Å². The van der Waals surface area contributed by atoms with Crippen LogP contribution in [-0.2, 0) is 19.1 Å². The summed E-state index contributed by atoms with van der Waals surface area (Å²) in [4.78, 5) is 46.6. The topological polar surface area (TPSA) is 114 Å². The summed E-state index contributed by atoms with van der Waals surface area (Å²) >= 11 is 1.26. The fraction of sp³-hybridized carbons (Fsp3) is 0.333. The molecule has 0 amide bonds. The number of aromatic nitrogens is 2. The lowest BCUT2D eigenvalue weighted by molar-refractivity contribution is -0.143. The van der Waals surface area contributed by atoms with Crippen LogP contribution in [0.15, 0.2) is 69.6 Å². The molecule has 0 unspecified atom stereocenters. The molecule has 0 fully saturated rings. The van der Waals surface area contributed by atoms with E-state index >= 15 is 0 Å². The van der Waals surface area contributed by atoms with E-state index in [-0.39, 0.29) is 24.3 Å². The molecule has 2 aromatic carbocycles. The van der Waals surface area contributed by atoms with E-state index in [4.69, 9.17) is 23.9 Å². The number of esters is 2. The zero-order chi connectivity index (χ0) is 34.7. The van der Waals surface area contributed by atoms with Crippen LogP contribution in [0.3, 0.4) is 0 Å². The molecular formula is C36H40N4O7S. The van der Waals surface area contributed by atoms with Gasteiger partial charge in [-0.05, 0) is 94.3 Å². The zero-order valence-electron chi connectivity index (χ0n) is 28.4. The highest BCUT2D eigenvalue weighted by atomic mass is 32.1. The van der Waals surface area contributed by atoms with Crippen LogP contribution in [0.1, 0.15) is 49.3 Å². The van der Waals surface area contributed by atoms with Gasteiger partial charge in [0.1, 0.15) is 0 Å². The van der Waals surface area contributed by atoms with Gasteiger partial charge >= 0.3 is 11.9 Å². The second kappa shape index (κ2) is 14.3. The van der Waals surface area contributed by atoms with Gasteiger partial charge < -0.3 is 28.4 Å². The minimum atomic E-state index is -0.848. The van der Waals surface area contributed by atoms with Gasteiger partial charge in [-0.1, -0.05) is 17.4 Å². The number of allylic oxidation sites excluding steroid dienone is 1. The van der Waals surface area contributed by atoms with Crippen molar-refractivity contribution in [3.8, 4) is 17.2 Å². The van der Waals surface area contributed by atoms with Crippen LogP contribution in [0, 0.1) is 13.8 Å². The Hall–Kier alpha value is -5.10. The van der Waals surface area contributed by atoms with Crippen molar-refractivity contribution in [2.24, 2.45) is 4.99 Å². The molecule has 12 heteroatoms. The maximum absolute atomic E-state index is 14.3. The number of hydrogen-bond donors (Lipinski definition) is 0. The molecule has 4 aromatic rings.